The molecule has 3 rings (SSSR count). The number of rotatable bonds is 7. The van der Waals surface area contributed by atoms with Gasteiger partial charge in [-0.05, 0) is 13.0 Å². The fourth-order valence-corrected chi connectivity index (χ4v) is 3.64. The van der Waals surface area contributed by atoms with E-state index >= 15 is 0 Å². The molecule has 2 aliphatic rings. The zero-order chi connectivity index (χ0) is 21.9. The second kappa shape index (κ2) is 8.42. The Kier molecular flexibility index (Phi) is 5.93. The SMILES string of the molecule is C=CCOC(=O)C1=C(N)OC(C)=C(C(=O)OCCOC)[C@]12C(=O)Nc1ccccc12. The van der Waals surface area contributed by atoms with Crippen molar-refractivity contribution in [2.75, 3.05) is 32.2 Å². The van der Waals surface area contributed by atoms with E-state index < -0.39 is 23.3 Å². The van der Waals surface area contributed by atoms with Gasteiger partial charge in [0, 0.05) is 18.4 Å². The monoisotopic (exact) mass is 414 g/mol. The fraction of sp³-hybridized carbons (Fsp3) is 0.286. The summed E-state index contributed by atoms with van der Waals surface area (Å²) in [5.41, 5.74) is 4.51. The number of carbonyl (C=O) groups excluding carboxylic acids is 3. The molecule has 158 valence electrons. The molecule has 1 atom stereocenters. The van der Waals surface area contributed by atoms with Gasteiger partial charge in [0.1, 0.15) is 35.5 Å². The lowest BCUT2D eigenvalue weighted by Crippen LogP contribution is -2.48. The molecule has 0 bridgehead atoms. The van der Waals surface area contributed by atoms with E-state index in [4.69, 9.17) is 24.7 Å². The minimum absolute atomic E-state index is 0.0436. The number of methoxy groups -OCH3 is 1. The van der Waals surface area contributed by atoms with Crippen LogP contribution >= 0.6 is 0 Å². The minimum Gasteiger partial charge on any atom is -0.460 e. The number of benzene rings is 1. The van der Waals surface area contributed by atoms with E-state index in [0.717, 1.165) is 0 Å². The first-order valence-corrected chi connectivity index (χ1v) is 9.14. The Labute approximate surface area is 173 Å². The van der Waals surface area contributed by atoms with Gasteiger partial charge in [-0.3, -0.25) is 4.79 Å². The average Bonchev–Trinajstić information content (AvgIpc) is 2.98. The molecule has 30 heavy (non-hydrogen) atoms. The van der Waals surface area contributed by atoms with Crippen LogP contribution in [0.15, 0.2) is 59.7 Å². The van der Waals surface area contributed by atoms with Gasteiger partial charge < -0.3 is 30.0 Å². The molecule has 1 spiro atoms. The van der Waals surface area contributed by atoms with Gasteiger partial charge in [-0.2, -0.15) is 0 Å². The number of carbonyl (C=O) groups is 3. The van der Waals surface area contributed by atoms with Crippen LogP contribution in [0.4, 0.5) is 5.69 Å². The fourth-order valence-electron chi connectivity index (χ4n) is 3.64. The molecule has 1 aromatic rings. The summed E-state index contributed by atoms with van der Waals surface area (Å²) in [6.07, 6.45) is 1.37. The molecule has 2 heterocycles. The summed E-state index contributed by atoms with van der Waals surface area (Å²) < 4.78 is 20.8. The van der Waals surface area contributed by atoms with Crippen molar-refractivity contribution in [2.24, 2.45) is 5.73 Å². The van der Waals surface area contributed by atoms with Crippen LogP contribution in [-0.4, -0.2) is 44.8 Å². The molecule has 0 saturated carbocycles. The van der Waals surface area contributed by atoms with Gasteiger partial charge in [-0.1, -0.05) is 30.9 Å². The van der Waals surface area contributed by atoms with Crippen molar-refractivity contribution >= 4 is 23.5 Å². The molecule has 9 nitrogen and oxygen atoms in total. The van der Waals surface area contributed by atoms with Gasteiger partial charge in [-0.15, -0.1) is 0 Å². The third-order valence-corrected chi connectivity index (χ3v) is 4.79. The van der Waals surface area contributed by atoms with Crippen molar-refractivity contribution in [1.82, 2.24) is 0 Å². The topological polar surface area (TPSA) is 126 Å². The standard InChI is InChI=1S/C21H22N2O7/c1-4-9-28-19(25)16-17(22)30-12(2)15(18(24)29-11-10-27-3)21(16)13-7-5-6-8-14(13)23-20(21)26/h4-8H,1,9-11,22H2,2-3H3,(H,23,26)/t21-/m0/s1. The lowest BCUT2D eigenvalue weighted by Gasteiger charge is -2.35. The summed E-state index contributed by atoms with van der Waals surface area (Å²) in [6, 6.07) is 6.68. The first kappa shape index (κ1) is 21.1. The normalized spacial score (nSPS) is 19.9. The maximum atomic E-state index is 13.4. The number of para-hydroxylation sites is 1. The zero-order valence-corrected chi connectivity index (χ0v) is 16.7. The Morgan fingerprint density at radius 3 is 2.60 bits per heavy atom. The van der Waals surface area contributed by atoms with E-state index in [2.05, 4.69) is 11.9 Å². The largest absolute Gasteiger partial charge is 0.460 e. The van der Waals surface area contributed by atoms with Crippen LogP contribution in [-0.2, 0) is 38.7 Å². The lowest BCUT2D eigenvalue weighted by molar-refractivity contribution is -0.143. The highest BCUT2D eigenvalue weighted by atomic mass is 16.6. The molecule has 0 fully saturated rings. The predicted molar refractivity (Wildman–Crippen MR) is 106 cm³/mol. The first-order chi connectivity index (χ1) is 14.4. The maximum absolute atomic E-state index is 13.4. The Hall–Kier alpha value is -3.59. The van der Waals surface area contributed by atoms with Crippen molar-refractivity contribution in [2.45, 2.75) is 12.3 Å². The summed E-state index contributed by atoms with van der Waals surface area (Å²) in [5.74, 6) is -2.67. The molecule has 0 radical (unpaired) electrons. The molecule has 1 amide bonds. The Balaban J connectivity index is 2.23. The maximum Gasteiger partial charge on any atom is 0.341 e. The molecule has 2 aliphatic heterocycles. The van der Waals surface area contributed by atoms with Crippen LogP contribution in [0, 0.1) is 0 Å². The summed E-state index contributed by atoms with van der Waals surface area (Å²) in [5, 5.41) is 2.71. The molecule has 0 saturated heterocycles. The molecule has 3 N–H and O–H groups in total. The van der Waals surface area contributed by atoms with E-state index in [-0.39, 0.29) is 42.6 Å². The summed E-state index contributed by atoms with van der Waals surface area (Å²) in [4.78, 5) is 39.4. The number of esters is 2. The zero-order valence-electron chi connectivity index (χ0n) is 16.7. The molecule has 9 heteroatoms. The summed E-state index contributed by atoms with van der Waals surface area (Å²) in [6.45, 7) is 4.96. The van der Waals surface area contributed by atoms with Gasteiger partial charge in [0.05, 0.1) is 6.61 Å². The number of hydrogen-bond acceptors (Lipinski definition) is 8. The van der Waals surface area contributed by atoms with Crippen LogP contribution in [0.1, 0.15) is 12.5 Å². The summed E-state index contributed by atoms with van der Waals surface area (Å²) >= 11 is 0. The number of nitrogens with one attached hydrogen (secondary N) is 1. The highest BCUT2D eigenvalue weighted by Gasteiger charge is 2.61. The average molecular weight is 414 g/mol. The van der Waals surface area contributed by atoms with Crippen LogP contribution < -0.4 is 11.1 Å². The van der Waals surface area contributed by atoms with Crippen molar-refractivity contribution in [3.8, 4) is 0 Å². The van der Waals surface area contributed by atoms with Crippen molar-refractivity contribution in [3.63, 3.8) is 0 Å². The Morgan fingerprint density at radius 2 is 1.90 bits per heavy atom. The number of nitrogens with two attached hydrogens (primary N) is 1. The quantitative estimate of drug-likeness (QED) is 0.388. The third kappa shape index (κ3) is 3.22. The summed E-state index contributed by atoms with van der Waals surface area (Å²) in [7, 11) is 1.46. The number of allylic oxidation sites excluding steroid dienone is 1. The van der Waals surface area contributed by atoms with E-state index in [1.54, 1.807) is 24.3 Å². The number of anilines is 1. The predicted octanol–water partition coefficient (Wildman–Crippen LogP) is 1.27. The minimum atomic E-state index is -1.88. The number of hydrogen-bond donors (Lipinski definition) is 2. The molecule has 1 aromatic carbocycles. The molecule has 0 aromatic heterocycles. The Morgan fingerprint density at radius 1 is 1.20 bits per heavy atom. The molecular weight excluding hydrogens is 392 g/mol. The highest BCUT2D eigenvalue weighted by Crippen LogP contribution is 2.52. The van der Waals surface area contributed by atoms with Gasteiger partial charge in [0.2, 0.25) is 11.8 Å². The van der Waals surface area contributed by atoms with Crippen molar-refractivity contribution in [3.05, 3.63) is 65.3 Å². The second-order valence-electron chi connectivity index (χ2n) is 6.54. The second-order valence-corrected chi connectivity index (χ2v) is 6.54. The first-order valence-electron chi connectivity index (χ1n) is 9.14. The highest BCUT2D eigenvalue weighted by molar-refractivity contribution is 6.21. The van der Waals surface area contributed by atoms with Crippen LogP contribution in [0.5, 0.6) is 0 Å². The van der Waals surface area contributed by atoms with Crippen molar-refractivity contribution in [1.29, 1.82) is 0 Å². The van der Waals surface area contributed by atoms with E-state index in [1.165, 1.54) is 20.1 Å². The van der Waals surface area contributed by atoms with Crippen LogP contribution in [0.2, 0.25) is 0 Å². The number of ether oxygens (including phenoxy) is 4. The van der Waals surface area contributed by atoms with Gasteiger partial charge in [0.25, 0.3) is 0 Å². The molecule has 0 unspecified atom stereocenters. The van der Waals surface area contributed by atoms with Gasteiger partial charge in [-0.25, -0.2) is 9.59 Å². The Bertz CT molecular complexity index is 979. The number of fused-ring (bicyclic) bond motifs is 2. The lowest BCUT2D eigenvalue weighted by atomic mass is 9.67. The van der Waals surface area contributed by atoms with E-state index in [1.807, 2.05) is 0 Å². The van der Waals surface area contributed by atoms with Crippen LogP contribution in [0.25, 0.3) is 0 Å². The van der Waals surface area contributed by atoms with Gasteiger partial charge >= 0.3 is 11.9 Å². The van der Waals surface area contributed by atoms with E-state index in [0.29, 0.717) is 11.3 Å². The number of amides is 1. The van der Waals surface area contributed by atoms with E-state index in [9.17, 15) is 14.4 Å². The molecular formula is C21H22N2O7. The smallest absolute Gasteiger partial charge is 0.341 e. The van der Waals surface area contributed by atoms with Crippen LogP contribution in [0.3, 0.4) is 0 Å². The van der Waals surface area contributed by atoms with Gasteiger partial charge in [0.15, 0.2) is 0 Å². The third-order valence-electron chi connectivity index (χ3n) is 4.79. The molecule has 0 aliphatic carbocycles. The van der Waals surface area contributed by atoms with Crippen molar-refractivity contribution < 1.29 is 33.3 Å².